The van der Waals surface area contributed by atoms with Gasteiger partial charge < -0.3 is 9.80 Å². The maximum absolute atomic E-state index is 2.39. The average Bonchev–Trinajstić information content (AvgIpc) is 2.76. The van der Waals surface area contributed by atoms with Crippen LogP contribution in [0.4, 0.5) is 0 Å². The first-order valence-electron chi connectivity index (χ1n) is 15.1. The van der Waals surface area contributed by atoms with Gasteiger partial charge in [-0.3, -0.25) is 0 Å². The highest BCUT2D eigenvalue weighted by molar-refractivity contribution is 4.68. The molecule has 0 aromatic rings. The van der Waals surface area contributed by atoms with Gasteiger partial charge in [-0.2, -0.15) is 0 Å². The molecule has 0 saturated heterocycles. The summed E-state index contributed by atoms with van der Waals surface area (Å²) in [6, 6.07) is 1.65. The van der Waals surface area contributed by atoms with Crippen molar-refractivity contribution in [3.05, 3.63) is 0 Å². The zero-order chi connectivity index (χ0) is 23.9. The molecule has 0 aromatic carbocycles. The fourth-order valence-corrected chi connectivity index (χ4v) is 5.49. The van der Waals surface area contributed by atoms with Crippen molar-refractivity contribution in [1.82, 2.24) is 0 Å². The fourth-order valence-electron chi connectivity index (χ4n) is 5.49. The highest BCUT2D eigenvalue weighted by Crippen LogP contribution is 2.15. The number of likely N-dealkylation sites (N-methyl/N-ethyl adjacent to an activating group) is 2. The summed E-state index contributed by atoms with van der Waals surface area (Å²) >= 11 is 0. The molecule has 0 aliphatic carbocycles. The largest absolute Gasteiger partial charge is 0.332 e. The number of hydrogen-bond donors (Lipinski definition) is 2. The summed E-state index contributed by atoms with van der Waals surface area (Å²) in [5, 5.41) is 0. The molecule has 0 aromatic heterocycles. The van der Waals surface area contributed by atoms with Gasteiger partial charge in [0.05, 0.1) is 28.2 Å². The number of nitrogens with one attached hydrogen (secondary N) is 2. The van der Waals surface area contributed by atoms with Crippen LogP contribution >= 0.6 is 0 Å². The van der Waals surface area contributed by atoms with Crippen molar-refractivity contribution >= 4 is 0 Å². The van der Waals surface area contributed by atoms with Crippen LogP contribution in [0.25, 0.3) is 0 Å². The molecule has 0 aliphatic rings. The molecule has 0 heterocycles. The minimum Gasteiger partial charge on any atom is -0.332 e. The molecule has 0 spiro atoms. The lowest BCUT2D eigenvalue weighted by Crippen LogP contribution is -3.21. The third-order valence-electron chi connectivity index (χ3n) is 7.71. The second kappa shape index (κ2) is 24.1. The molecule has 0 bridgehead atoms. The molecule has 0 saturated carbocycles. The molecule has 32 heavy (non-hydrogen) atoms. The van der Waals surface area contributed by atoms with Crippen LogP contribution in [0.2, 0.25) is 0 Å². The van der Waals surface area contributed by atoms with Gasteiger partial charge in [-0.25, -0.2) is 0 Å². The molecule has 2 N–H and O–H groups in total. The first kappa shape index (κ1) is 31.9. The zero-order valence-corrected chi connectivity index (χ0v) is 23.7. The first-order chi connectivity index (χ1) is 15.5. The van der Waals surface area contributed by atoms with E-state index in [0.29, 0.717) is 0 Å². The summed E-state index contributed by atoms with van der Waals surface area (Å²) in [5.41, 5.74) is 0. The summed E-state index contributed by atoms with van der Waals surface area (Å²) in [6.07, 6.45) is 31.8. The van der Waals surface area contributed by atoms with Gasteiger partial charge in [0, 0.05) is 12.8 Å². The Hall–Kier alpha value is -0.0800. The highest BCUT2D eigenvalue weighted by Gasteiger charge is 2.30. The van der Waals surface area contributed by atoms with E-state index in [1.165, 1.54) is 141 Å². The maximum Gasteiger partial charge on any atom is 0.139 e. The fraction of sp³-hybridized carbons (Fsp3) is 1.00. The van der Waals surface area contributed by atoms with Gasteiger partial charge in [0.25, 0.3) is 0 Å². The van der Waals surface area contributed by atoms with Crippen molar-refractivity contribution in [2.75, 3.05) is 28.2 Å². The molecule has 194 valence electrons. The van der Waals surface area contributed by atoms with Crippen LogP contribution < -0.4 is 9.80 Å². The SMILES string of the molecule is CCCCCCCCCCCCCCCCC(C(CCCCCCCC)[NH+](C)C)[NH+](C)C. The van der Waals surface area contributed by atoms with Crippen LogP contribution in [0.1, 0.15) is 155 Å². The quantitative estimate of drug-likeness (QED) is 0.143. The Bertz CT molecular complexity index is 353. The van der Waals surface area contributed by atoms with Gasteiger partial charge in [0.15, 0.2) is 0 Å². The monoisotopic (exact) mass is 455 g/mol. The molecule has 0 radical (unpaired) electrons. The highest BCUT2D eigenvalue weighted by atomic mass is 15.2. The lowest BCUT2D eigenvalue weighted by Gasteiger charge is -2.31. The zero-order valence-electron chi connectivity index (χ0n) is 23.7. The third kappa shape index (κ3) is 19.4. The van der Waals surface area contributed by atoms with Crippen molar-refractivity contribution < 1.29 is 9.80 Å². The minimum absolute atomic E-state index is 0.827. The van der Waals surface area contributed by atoms with Crippen LogP contribution in [-0.2, 0) is 0 Å². The molecule has 2 nitrogen and oxygen atoms in total. The van der Waals surface area contributed by atoms with E-state index < -0.39 is 0 Å². The van der Waals surface area contributed by atoms with E-state index in [2.05, 4.69) is 42.0 Å². The van der Waals surface area contributed by atoms with E-state index in [0.717, 1.165) is 12.1 Å². The maximum atomic E-state index is 2.39. The summed E-state index contributed by atoms with van der Waals surface area (Å²) in [6.45, 7) is 4.62. The Kier molecular flexibility index (Phi) is 24.0. The van der Waals surface area contributed by atoms with E-state index in [1.807, 2.05) is 0 Å². The third-order valence-corrected chi connectivity index (χ3v) is 7.71. The van der Waals surface area contributed by atoms with E-state index in [9.17, 15) is 0 Å². The van der Waals surface area contributed by atoms with Crippen molar-refractivity contribution in [3.63, 3.8) is 0 Å². The second-order valence-corrected chi connectivity index (χ2v) is 11.3. The number of rotatable bonds is 25. The smallest absolute Gasteiger partial charge is 0.139 e. The van der Waals surface area contributed by atoms with Crippen LogP contribution in [0.3, 0.4) is 0 Å². The number of hydrogen-bond acceptors (Lipinski definition) is 0. The molecular weight excluding hydrogens is 388 g/mol. The summed E-state index contributed by atoms with van der Waals surface area (Å²) in [7, 11) is 9.57. The average molecular weight is 455 g/mol. The van der Waals surface area contributed by atoms with Crippen molar-refractivity contribution in [1.29, 1.82) is 0 Å². The first-order valence-corrected chi connectivity index (χ1v) is 15.1. The Morgan fingerprint density at radius 2 is 0.562 bits per heavy atom. The number of unbranched alkanes of at least 4 members (excludes halogenated alkanes) is 18. The van der Waals surface area contributed by atoms with Crippen molar-refractivity contribution in [2.45, 2.75) is 167 Å². The van der Waals surface area contributed by atoms with Crippen LogP contribution in [0.15, 0.2) is 0 Å². The predicted molar refractivity (Wildman–Crippen MR) is 146 cm³/mol. The van der Waals surface area contributed by atoms with Gasteiger partial charge >= 0.3 is 0 Å². The topological polar surface area (TPSA) is 8.88 Å². The lowest BCUT2D eigenvalue weighted by molar-refractivity contribution is -0.959. The second-order valence-electron chi connectivity index (χ2n) is 11.3. The summed E-state index contributed by atoms with van der Waals surface area (Å²) in [4.78, 5) is 3.35. The molecule has 2 heteroatoms. The lowest BCUT2D eigenvalue weighted by atomic mass is 9.93. The van der Waals surface area contributed by atoms with E-state index in [1.54, 1.807) is 9.80 Å². The molecule has 2 unspecified atom stereocenters. The Morgan fingerprint density at radius 3 is 0.781 bits per heavy atom. The van der Waals surface area contributed by atoms with Crippen LogP contribution in [-0.4, -0.2) is 40.3 Å². The van der Waals surface area contributed by atoms with Gasteiger partial charge in [-0.15, -0.1) is 0 Å². The Morgan fingerprint density at radius 1 is 0.344 bits per heavy atom. The summed E-state index contributed by atoms with van der Waals surface area (Å²) < 4.78 is 0. The van der Waals surface area contributed by atoms with Crippen LogP contribution in [0, 0.1) is 0 Å². The molecule has 0 amide bonds. The number of quaternary nitrogens is 2. The minimum atomic E-state index is 0.827. The van der Waals surface area contributed by atoms with Gasteiger partial charge in [0.1, 0.15) is 12.1 Å². The van der Waals surface area contributed by atoms with Gasteiger partial charge in [0.2, 0.25) is 0 Å². The predicted octanol–water partition coefficient (Wildman–Crippen LogP) is 6.63. The van der Waals surface area contributed by atoms with E-state index in [4.69, 9.17) is 0 Å². The van der Waals surface area contributed by atoms with Crippen molar-refractivity contribution in [2.24, 2.45) is 0 Å². The molecule has 0 aliphatic heterocycles. The van der Waals surface area contributed by atoms with Crippen molar-refractivity contribution in [3.8, 4) is 0 Å². The molecular formula is C30H66N2+2. The van der Waals surface area contributed by atoms with E-state index in [-0.39, 0.29) is 0 Å². The van der Waals surface area contributed by atoms with Crippen LogP contribution in [0.5, 0.6) is 0 Å². The molecule has 0 rings (SSSR count). The standard InChI is InChI=1S/C30H64N2/c1-7-9-11-13-15-16-17-18-19-20-21-22-24-26-28-30(32(5)6)29(31(3)4)27-25-23-14-12-10-8-2/h29-30H,7-28H2,1-6H3/p+2. The van der Waals surface area contributed by atoms with E-state index >= 15 is 0 Å². The molecule has 0 fully saturated rings. The Labute approximate surface area is 205 Å². The van der Waals surface area contributed by atoms with Gasteiger partial charge in [-0.1, -0.05) is 129 Å². The van der Waals surface area contributed by atoms with Gasteiger partial charge in [-0.05, 0) is 12.8 Å². The Balaban J connectivity index is 3.83. The normalized spacial score (nSPS) is 13.9. The molecule has 2 atom stereocenters. The summed E-state index contributed by atoms with van der Waals surface area (Å²) in [5.74, 6) is 0.